The van der Waals surface area contributed by atoms with Crippen LogP contribution < -0.4 is 10.3 Å². The second kappa shape index (κ2) is 16.6. The smallest absolute Gasteiger partial charge is 0.266 e. The number of para-hydroxylation sites is 1. The van der Waals surface area contributed by atoms with Gasteiger partial charge in [-0.2, -0.15) is 0 Å². The van der Waals surface area contributed by atoms with Gasteiger partial charge in [0.25, 0.3) is 5.56 Å². The molecule has 0 fully saturated rings. The van der Waals surface area contributed by atoms with E-state index in [2.05, 4.69) is 26.0 Å². The molecule has 4 rings (SSSR count). The number of fused-ring (bicyclic) bond motifs is 1. The van der Waals surface area contributed by atoms with Gasteiger partial charge in [0.15, 0.2) is 0 Å². The summed E-state index contributed by atoms with van der Waals surface area (Å²) in [4.78, 5) is 35.0. The standard InChI is InChI=1S/C37H47N3O3/c1-4-6-7-8-9-10-11-12-16-23-35(41)39(28-29-19-14-13-15-20-29)34(5-2)36-38-33-22-18-17-21-32(33)37(42)40(36)30-24-26-31(43-3)27-25-30/h13-15,17-22,24-27,34H,4-12,16,23,28H2,1-3H3. The highest BCUT2D eigenvalue weighted by atomic mass is 16.5. The van der Waals surface area contributed by atoms with Gasteiger partial charge in [-0.25, -0.2) is 4.98 Å². The molecular formula is C37H47N3O3. The van der Waals surface area contributed by atoms with Crippen LogP contribution in [0.15, 0.2) is 83.7 Å². The third kappa shape index (κ3) is 8.56. The van der Waals surface area contributed by atoms with Crippen LogP contribution in [0.25, 0.3) is 16.6 Å². The van der Waals surface area contributed by atoms with Crippen molar-refractivity contribution < 1.29 is 9.53 Å². The van der Waals surface area contributed by atoms with Gasteiger partial charge >= 0.3 is 0 Å². The first-order chi connectivity index (χ1) is 21.1. The summed E-state index contributed by atoms with van der Waals surface area (Å²) in [6, 6.07) is 24.6. The van der Waals surface area contributed by atoms with Crippen LogP contribution in [0, 0.1) is 0 Å². The molecule has 228 valence electrons. The van der Waals surface area contributed by atoms with Gasteiger partial charge < -0.3 is 9.64 Å². The van der Waals surface area contributed by atoms with E-state index in [0.717, 1.165) is 18.4 Å². The molecule has 1 aromatic heterocycles. The van der Waals surface area contributed by atoms with Gasteiger partial charge in [0.2, 0.25) is 5.91 Å². The number of rotatable bonds is 17. The summed E-state index contributed by atoms with van der Waals surface area (Å²) in [5.41, 5.74) is 2.25. The monoisotopic (exact) mass is 581 g/mol. The van der Waals surface area contributed by atoms with E-state index in [1.807, 2.05) is 71.6 Å². The maximum Gasteiger partial charge on any atom is 0.266 e. The summed E-state index contributed by atoms with van der Waals surface area (Å²) in [6.07, 6.45) is 11.9. The summed E-state index contributed by atoms with van der Waals surface area (Å²) >= 11 is 0. The van der Waals surface area contributed by atoms with Crippen molar-refractivity contribution in [1.82, 2.24) is 14.5 Å². The maximum absolute atomic E-state index is 14.0. The minimum absolute atomic E-state index is 0.0994. The lowest BCUT2D eigenvalue weighted by atomic mass is 10.0. The second-order valence-electron chi connectivity index (χ2n) is 11.3. The molecule has 0 saturated heterocycles. The fourth-order valence-corrected chi connectivity index (χ4v) is 5.78. The quantitative estimate of drug-likeness (QED) is 0.117. The first kappa shape index (κ1) is 32.0. The molecule has 0 aliphatic rings. The Bertz CT molecular complexity index is 1480. The number of carbonyl (C=O) groups is 1. The molecule has 0 aliphatic carbocycles. The lowest BCUT2D eigenvalue weighted by molar-refractivity contribution is -0.135. The zero-order chi connectivity index (χ0) is 30.4. The first-order valence-electron chi connectivity index (χ1n) is 16.1. The number of amides is 1. The van der Waals surface area contributed by atoms with Crippen LogP contribution in [0.5, 0.6) is 5.75 Å². The fourth-order valence-electron chi connectivity index (χ4n) is 5.78. The Balaban J connectivity index is 1.64. The highest BCUT2D eigenvalue weighted by Crippen LogP contribution is 2.29. The van der Waals surface area contributed by atoms with Crippen LogP contribution >= 0.6 is 0 Å². The molecule has 0 aliphatic heterocycles. The molecule has 0 bridgehead atoms. The molecule has 0 N–H and O–H groups in total. The molecule has 1 unspecified atom stereocenters. The van der Waals surface area contributed by atoms with Crippen LogP contribution in [0.4, 0.5) is 0 Å². The van der Waals surface area contributed by atoms with Crippen LogP contribution in [-0.2, 0) is 11.3 Å². The van der Waals surface area contributed by atoms with Crippen LogP contribution in [-0.4, -0.2) is 27.5 Å². The predicted molar refractivity (Wildman–Crippen MR) is 176 cm³/mol. The number of methoxy groups -OCH3 is 1. The van der Waals surface area contributed by atoms with E-state index in [4.69, 9.17) is 9.72 Å². The zero-order valence-corrected chi connectivity index (χ0v) is 26.1. The first-order valence-corrected chi connectivity index (χ1v) is 16.1. The van der Waals surface area contributed by atoms with E-state index in [-0.39, 0.29) is 17.5 Å². The highest BCUT2D eigenvalue weighted by molar-refractivity contribution is 5.79. The average molecular weight is 582 g/mol. The molecule has 6 nitrogen and oxygen atoms in total. The molecule has 1 heterocycles. The number of hydrogen-bond acceptors (Lipinski definition) is 4. The van der Waals surface area contributed by atoms with Gasteiger partial charge in [0.05, 0.1) is 29.7 Å². The largest absolute Gasteiger partial charge is 0.497 e. The molecule has 6 heteroatoms. The summed E-state index contributed by atoms with van der Waals surface area (Å²) in [7, 11) is 1.62. The molecule has 4 aromatic rings. The van der Waals surface area contributed by atoms with Crippen molar-refractivity contribution >= 4 is 16.8 Å². The summed E-state index contributed by atoms with van der Waals surface area (Å²) < 4.78 is 7.05. The van der Waals surface area contributed by atoms with E-state index in [0.29, 0.717) is 47.6 Å². The Labute approximate surface area is 256 Å². The van der Waals surface area contributed by atoms with Crippen molar-refractivity contribution in [2.45, 2.75) is 97.1 Å². The third-order valence-electron chi connectivity index (χ3n) is 8.20. The minimum atomic E-state index is -0.384. The summed E-state index contributed by atoms with van der Waals surface area (Å²) in [6.45, 7) is 4.77. The van der Waals surface area contributed by atoms with Crippen molar-refractivity contribution in [3.05, 3.63) is 101 Å². The SMILES string of the molecule is CCCCCCCCCCCC(=O)N(Cc1ccccc1)C(CC)c1nc2ccccc2c(=O)n1-c1ccc(OC)cc1. The molecule has 0 spiro atoms. The van der Waals surface area contributed by atoms with Gasteiger partial charge in [-0.1, -0.05) is 108 Å². The van der Waals surface area contributed by atoms with Gasteiger partial charge in [-0.05, 0) is 54.8 Å². The van der Waals surface area contributed by atoms with E-state index in [9.17, 15) is 9.59 Å². The number of benzene rings is 3. The van der Waals surface area contributed by atoms with Crippen molar-refractivity contribution in [2.75, 3.05) is 7.11 Å². The van der Waals surface area contributed by atoms with E-state index in [1.54, 1.807) is 11.7 Å². The topological polar surface area (TPSA) is 64.4 Å². The van der Waals surface area contributed by atoms with Gasteiger partial charge in [0.1, 0.15) is 11.6 Å². The van der Waals surface area contributed by atoms with Crippen molar-refractivity contribution in [3.8, 4) is 11.4 Å². The van der Waals surface area contributed by atoms with Gasteiger partial charge in [-0.3, -0.25) is 14.2 Å². The third-order valence-corrected chi connectivity index (χ3v) is 8.20. The normalized spacial score (nSPS) is 11.9. The number of carbonyl (C=O) groups excluding carboxylic acids is 1. The van der Waals surface area contributed by atoms with Crippen LogP contribution in [0.3, 0.4) is 0 Å². The predicted octanol–water partition coefficient (Wildman–Crippen LogP) is 8.80. The Morgan fingerprint density at radius 3 is 2.09 bits per heavy atom. The Hall–Kier alpha value is -3.93. The molecule has 3 aromatic carbocycles. The van der Waals surface area contributed by atoms with Crippen molar-refractivity contribution in [1.29, 1.82) is 0 Å². The van der Waals surface area contributed by atoms with E-state index in [1.165, 1.54) is 44.9 Å². The number of aromatic nitrogens is 2. The van der Waals surface area contributed by atoms with E-state index >= 15 is 0 Å². The Morgan fingerprint density at radius 2 is 1.44 bits per heavy atom. The molecule has 0 saturated carbocycles. The number of hydrogen-bond donors (Lipinski definition) is 0. The molecule has 1 amide bonds. The highest BCUT2D eigenvalue weighted by Gasteiger charge is 2.29. The number of unbranched alkanes of at least 4 members (excludes halogenated alkanes) is 8. The number of nitrogens with zero attached hydrogens (tertiary/aromatic N) is 3. The van der Waals surface area contributed by atoms with Gasteiger partial charge in [-0.15, -0.1) is 0 Å². The Kier molecular flexibility index (Phi) is 12.4. The fraction of sp³-hybridized carbons (Fsp3) is 0.432. The minimum Gasteiger partial charge on any atom is -0.497 e. The van der Waals surface area contributed by atoms with E-state index < -0.39 is 0 Å². The second-order valence-corrected chi connectivity index (χ2v) is 11.3. The summed E-state index contributed by atoms with van der Waals surface area (Å²) in [5.74, 6) is 1.39. The molecular weight excluding hydrogens is 534 g/mol. The number of ether oxygens (including phenoxy) is 1. The Morgan fingerprint density at radius 1 is 0.814 bits per heavy atom. The molecule has 0 radical (unpaired) electrons. The molecule has 43 heavy (non-hydrogen) atoms. The maximum atomic E-state index is 14.0. The molecule has 1 atom stereocenters. The lowest BCUT2D eigenvalue weighted by Gasteiger charge is -2.33. The van der Waals surface area contributed by atoms with Crippen LogP contribution in [0.2, 0.25) is 0 Å². The summed E-state index contributed by atoms with van der Waals surface area (Å²) in [5, 5.41) is 0.549. The average Bonchev–Trinajstić information content (AvgIpc) is 3.04. The van der Waals surface area contributed by atoms with Crippen molar-refractivity contribution in [2.24, 2.45) is 0 Å². The van der Waals surface area contributed by atoms with Crippen molar-refractivity contribution in [3.63, 3.8) is 0 Å². The van der Waals surface area contributed by atoms with Gasteiger partial charge in [0, 0.05) is 13.0 Å². The van der Waals surface area contributed by atoms with Crippen LogP contribution in [0.1, 0.15) is 102 Å². The zero-order valence-electron chi connectivity index (χ0n) is 26.1. The lowest BCUT2D eigenvalue weighted by Crippen LogP contribution is -2.38.